The number of ether oxygens (including phenoxy) is 2. The predicted molar refractivity (Wildman–Crippen MR) is 125 cm³/mol. The van der Waals surface area contributed by atoms with Gasteiger partial charge in [0.2, 0.25) is 5.91 Å². The summed E-state index contributed by atoms with van der Waals surface area (Å²) < 4.78 is 11.9. The second-order valence-electron chi connectivity index (χ2n) is 6.97. The molecule has 166 valence electrons. The van der Waals surface area contributed by atoms with Crippen molar-refractivity contribution in [2.75, 3.05) is 7.11 Å². The highest BCUT2D eigenvalue weighted by Gasteiger charge is 2.22. The summed E-state index contributed by atoms with van der Waals surface area (Å²) in [6.07, 6.45) is 2.83. The summed E-state index contributed by atoms with van der Waals surface area (Å²) in [5, 5.41) is 12.6. The molecule has 2 rings (SSSR count). The van der Waals surface area contributed by atoms with Gasteiger partial charge in [-0.05, 0) is 63.3 Å². The van der Waals surface area contributed by atoms with Gasteiger partial charge >= 0.3 is 5.97 Å². The molecule has 0 heterocycles. The van der Waals surface area contributed by atoms with Gasteiger partial charge in [-0.2, -0.15) is 0 Å². The number of carboxylic acid groups (broad SMARTS) is 1. The first-order chi connectivity index (χ1) is 14.6. The normalized spacial score (nSPS) is 12.1. The van der Waals surface area contributed by atoms with Crippen LogP contribution in [0, 0.1) is 5.92 Å². The summed E-state index contributed by atoms with van der Waals surface area (Å²) in [6, 6.07) is 7.73. The largest absolute Gasteiger partial charge is 0.493 e. The molecule has 0 unspecified atom stereocenters. The summed E-state index contributed by atoms with van der Waals surface area (Å²) >= 11 is 15.4. The minimum Gasteiger partial charge on any atom is -0.493 e. The van der Waals surface area contributed by atoms with Crippen LogP contribution < -0.4 is 14.8 Å². The maximum Gasteiger partial charge on any atom is 0.326 e. The second-order valence-corrected chi connectivity index (χ2v) is 8.64. The Morgan fingerprint density at radius 1 is 1.19 bits per heavy atom. The van der Waals surface area contributed by atoms with Gasteiger partial charge in [0.15, 0.2) is 11.5 Å². The Hall–Kier alpha value is -2.22. The molecule has 0 aliphatic rings. The van der Waals surface area contributed by atoms with Crippen molar-refractivity contribution in [2.45, 2.75) is 26.5 Å². The number of carbonyl (C=O) groups excluding carboxylic acids is 1. The van der Waals surface area contributed by atoms with E-state index in [-0.39, 0.29) is 12.5 Å². The van der Waals surface area contributed by atoms with Crippen molar-refractivity contribution < 1.29 is 24.2 Å². The maximum atomic E-state index is 12.1. The third kappa shape index (κ3) is 7.16. The molecule has 0 aliphatic carbocycles. The summed E-state index contributed by atoms with van der Waals surface area (Å²) in [5.41, 5.74) is 1.50. The second kappa shape index (κ2) is 11.4. The van der Waals surface area contributed by atoms with Crippen LogP contribution in [0.15, 0.2) is 40.9 Å². The van der Waals surface area contributed by atoms with Gasteiger partial charge in [-0.15, -0.1) is 0 Å². The molecule has 2 aromatic rings. The molecule has 0 bridgehead atoms. The zero-order valence-electron chi connectivity index (χ0n) is 17.1. The van der Waals surface area contributed by atoms with E-state index in [9.17, 15) is 14.7 Å². The molecule has 0 spiro atoms. The average Bonchev–Trinajstić information content (AvgIpc) is 2.71. The molecular formula is C22H22BrCl2NO5. The third-order valence-electron chi connectivity index (χ3n) is 4.28. The van der Waals surface area contributed by atoms with Crippen LogP contribution in [0.5, 0.6) is 11.5 Å². The van der Waals surface area contributed by atoms with Crippen LogP contribution in [0.3, 0.4) is 0 Å². The van der Waals surface area contributed by atoms with Crippen LogP contribution in [0.4, 0.5) is 0 Å². The first-order valence-electron chi connectivity index (χ1n) is 9.28. The van der Waals surface area contributed by atoms with Crippen molar-refractivity contribution >= 4 is 57.1 Å². The zero-order chi connectivity index (χ0) is 23.1. The zero-order valence-corrected chi connectivity index (χ0v) is 20.2. The van der Waals surface area contributed by atoms with Gasteiger partial charge in [0, 0.05) is 6.08 Å². The number of aliphatic carboxylic acids is 1. The SMILES string of the molecule is COc1cc(/C=C/C(=O)N[C@H](C(=O)O)C(C)C)cc(Br)c1OCc1ccc(Cl)c(Cl)c1. The number of methoxy groups -OCH3 is 1. The maximum absolute atomic E-state index is 12.1. The molecular weight excluding hydrogens is 509 g/mol. The lowest BCUT2D eigenvalue weighted by Crippen LogP contribution is -2.43. The van der Waals surface area contributed by atoms with E-state index in [4.69, 9.17) is 32.7 Å². The summed E-state index contributed by atoms with van der Waals surface area (Å²) in [5.74, 6) is -0.877. The van der Waals surface area contributed by atoms with Crippen LogP contribution in [0.2, 0.25) is 10.0 Å². The van der Waals surface area contributed by atoms with Crippen LogP contribution >= 0.6 is 39.1 Å². The minimum atomic E-state index is -1.08. The fourth-order valence-electron chi connectivity index (χ4n) is 2.65. The van der Waals surface area contributed by atoms with E-state index in [0.29, 0.717) is 31.6 Å². The smallest absolute Gasteiger partial charge is 0.326 e. The Kier molecular flexibility index (Phi) is 9.22. The fourth-order valence-corrected chi connectivity index (χ4v) is 3.54. The molecule has 2 N–H and O–H groups in total. The van der Waals surface area contributed by atoms with E-state index < -0.39 is 17.9 Å². The predicted octanol–water partition coefficient (Wildman–Crippen LogP) is 5.58. The number of amides is 1. The molecule has 0 saturated carbocycles. The molecule has 0 saturated heterocycles. The highest BCUT2D eigenvalue weighted by molar-refractivity contribution is 9.10. The van der Waals surface area contributed by atoms with Crippen molar-refractivity contribution in [3.8, 4) is 11.5 Å². The number of benzene rings is 2. The standard InChI is InChI=1S/C22H22BrCl2NO5/c1-12(2)20(22(28)29)26-19(27)7-5-13-8-15(23)21(18(10-13)30-3)31-11-14-4-6-16(24)17(25)9-14/h4-10,12,20H,11H2,1-3H3,(H,26,27)(H,28,29)/b7-5+/t20-/m0/s1. The lowest BCUT2D eigenvalue weighted by molar-refractivity contribution is -0.142. The van der Waals surface area contributed by atoms with Crippen molar-refractivity contribution in [1.29, 1.82) is 0 Å². The number of halogens is 3. The monoisotopic (exact) mass is 529 g/mol. The lowest BCUT2D eigenvalue weighted by atomic mass is 10.0. The van der Waals surface area contributed by atoms with E-state index in [1.807, 2.05) is 6.07 Å². The van der Waals surface area contributed by atoms with Crippen LogP contribution in [0.1, 0.15) is 25.0 Å². The number of rotatable bonds is 9. The summed E-state index contributed by atoms with van der Waals surface area (Å²) in [4.78, 5) is 23.3. The van der Waals surface area contributed by atoms with Gasteiger partial charge in [0.25, 0.3) is 0 Å². The van der Waals surface area contributed by atoms with Gasteiger partial charge in [-0.1, -0.05) is 43.1 Å². The van der Waals surface area contributed by atoms with Crippen molar-refractivity contribution in [2.24, 2.45) is 5.92 Å². The topological polar surface area (TPSA) is 84.9 Å². The number of hydrogen-bond donors (Lipinski definition) is 2. The fraction of sp³-hybridized carbons (Fsp3) is 0.273. The summed E-state index contributed by atoms with van der Waals surface area (Å²) in [6.45, 7) is 3.69. The molecule has 9 heteroatoms. The molecule has 1 amide bonds. The van der Waals surface area contributed by atoms with E-state index in [1.165, 1.54) is 13.2 Å². The van der Waals surface area contributed by atoms with Crippen molar-refractivity contribution in [3.63, 3.8) is 0 Å². The molecule has 1 atom stereocenters. The van der Waals surface area contributed by atoms with Crippen LogP contribution in [-0.4, -0.2) is 30.1 Å². The van der Waals surface area contributed by atoms with E-state index in [2.05, 4.69) is 21.2 Å². The Morgan fingerprint density at radius 3 is 2.48 bits per heavy atom. The highest BCUT2D eigenvalue weighted by atomic mass is 79.9. The van der Waals surface area contributed by atoms with E-state index in [1.54, 1.807) is 44.2 Å². The van der Waals surface area contributed by atoms with Gasteiger partial charge < -0.3 is 19.9 Å². The quantitative estimate of drug-likeness (QED) is 0.413. The molecule has 0 aliphatic heterocycles. The van der Waals surface area contributed by atoms with E-state index >= 15 is 0 Å². The molecule has 6 nitrogen and oxygen atoms in total. The molecule has 2 aromatic carbocycles. The van der Waals surface area contributed by atoms with Gasteiger partial charge in [0.05, 0.1) is 21.6 Å². The third-order valence-corrected chi connectivity index (χ3v) is 5.60. The number of nitrogens with one attached hydrogen (secondary N) is 1. The average molecular weight is 531 g/mol. The van der Waals surface area contributed by atoms with Crippen molar-refractivity contribution in [3.05, 3.63) is 62.1 Å². The number of hydrogen-bond acceptors (Lipinski definition) is 4. The summed E-state index contributed by atoms with van der Waals surface area (Å²) in [7, 11) is 1.51. The van der Waals surface area contributed by atoms with E-state index in [0.717, 1.165) is 5.56 Å². The lowest BCUT2D eigenvalue weighted by Gasteiger charge is -2.16. The van der Waals surface area contributed by atoms with Crippen LogP contribution in [-0.2, 0) is 16.2 Å². The van der Waals surface area contributed by atoms with Crippen LogP contribution in [0.25, 0.3) is 6.08 Å². The first kappa shape index (κ1) is 25.0. The number of carboxylic acids is 1. The molecule has 31 heavy (non-hydrogen) atoms. The first-order valence-corrected chi connectivity index (χ1v) is 10.8. The Bertz CT molecular complexity index is 994. The Balaban J connectivity index is 2.14. The van der Waals surface area contributed by atoms with Crippen molar-refractivity contribution in [1.82, 2.24) is 5.32 Å². The molecule has 0 radical (unpaired) electrons. The van der Waals surface area contributed by atoms with Gasteiger partial charge in [-0.3, -0.25) is 4.79 Å². The highest BCUT2D eigenvalue weighted by Crippen LogP contribution is 2.37. The minimum absolute atomic E-state index is 0.240. The molecule has 0 aromatic heterocycles. The number of carbonyl (C=O) groups is 2. The van der Waals surface area contributed by atoms with Gasteiger partial charge in [0.1, 0.15) is 12.6 Å². The van der Waals surface area contributed by atoms with Gasteiger partial charge in [-0.25, -0.2) is 4.79 Å². The molecule has 0 fully saturated rings. The Morgan fingerprint density at radius 2 is 1.90 bits per heavy atom. The Labute approximate surface area is 199 Å².